The summed E-state index contributed by atoms with van der Waals surface area (Å²) < 4.78 is 25.4. The molecule has 2 amide bonds. The number of sulfonamides is 1. The number of fused-ring (bicyclic) bond motifs is 1. The first-order chi connectivity index (χ1) is 14.7. The summed E-state index contributed by atoms with van der Waals surface area (Å²) in [6, 6.07) is 8.13. The minimum absolute atomic E-state index is 0.111. The summed E-state index contributed by atoms with van der Waals surface area (Å²) >= 11 is 12.7. The second-order valence-corrected chi connectivity index (χ2v) is 9.37. The van der Waals surface area contributed by atoms with Gasteiger partial charge < -0.3 is 0 Å². The van der Waals surface area contributed by atoms with Crippen molar-refractivity contribution in [2.75, 3.05) is 20.8 Å². The predicted molar refractivity (Wildman–Crippen MR) is 119 cm³/mol. The van der Waals surface area contributed by atoms with Gasteiger partial charge in [0, 0.05) is 24.2 Å². The van der Waals surface area contributed by atoms with Crippen LogP contribution < -0.4 is 14.5 Å². The Kier molecular flexibility index (Phi) is 5.69. The van der Waals surface area contributed by atoms with Crippen LogP contribution in [0.4, 0.5) is 22.2 Å². The molecular weight excluding hydrogens is 463 g/mol. The highest BCUT2D eigenvalue weighted by Gasteiger charge is 2.35. The number of benzene rings is 1. The maximum Gasteiger partial charge on any atom is 0.330 e. The number of carbonyl (C=O) groups is 1. The molecule has 160 valence electrons. The number of hydrogen-bond donors (Lipinski definition) is 1. The fourth-order valence-electron chi connectivity index (χ4n) is 3.17. The van der Waals surface area contributed by atoms with E-state index in [1.54, 1.807) is 36.7 Å². The van der Waals surface area contributed by atoms with Gasteiger partial charge in [-0.15, -0.1) is 0 Å². The van der Waals surface area contributed by atoms with Crippen LogP contribution in [0.15, 0.2) is 48.9 Å². The molecule has 0 saturated heterocycles. The van der Waals surface area contributed by atoms with Crippen molar-refractivity contribution < 1.29 is 13.2 Å². The third kappa shape index (κ3) is 4.55. The van der Waals surface area contributed by atoms with Crippen LogP contribution >= 0.6 is 23.2 Å². The minimum atomic E-state index is -3.59. The van der Waals surface area contributed by atoms with E-state index in [1.807, 2.05) is 6.07 Å². The molecule has 0 fully saturated rings. The molecule has 0 unspecified atom stereocenters. The van der Waals surface area contributed by atoms with Crippen molar-refractivity contribution in [3.63, 3.8) is 0 Å². The molecule has 3 aromatic rings. The fraction of sp³-hybridized carbons (Fsp3) is 0.158. The Morgan fingerprint density at radius 1 is 1.13 bits per heavy atom. The van der Waals surface area contributed by atoms with Crippen molar-refractivity contribution in [3.05, 3.63) is 70.1 Å². The van der Waals surface area contributed by atoms with E-state index in [4.69, 9.17) is 23.2 Å². The van der Waals surface area contributed by atoms with E-state index in [0.717, 1.165) is 11.8 Å². The topological polar surface area (TPSA) is 108 Å². The van der Waals surface area contributed by atoms with Gasteiger partial charge >= 0.3 is 6.03 Å². The van der Waals surface area contributed by atoms with Gasteiger partial charge in [-0.2, -0.15) is 4.98 Å². The maximum absolute atomic E-state index is 13.5. The number of urea groups is 1. The number of rotatable bonds is 5. The molecule has 0 aliphatic carbocycles. The number of carbonyl (C=O) groups excluding carboxylic acids is 1. The van der Waals surface area contributed by atoms with Gasteiger partial charge in [0.2, 0.25) is 16.0 Å². The number of anilines is 3. The predicted octanol–water partition coefficient (Wildman–Crippen LogP) is 3.70. The van der Waals surface area contributed by atoms with E-state index in [1.165, 1.54) is 16.0 Å². The van der Waals surface area contributed by atoms with E-state index in [2.05, 4.69) is 19.7 Å². The van der Waals surface area contributed by atoms with Gasteiger partial charge in [0.05, 0.1) is 35.1 Å². The lowest BCUT2D eigenvalue weighted by Gasteiger charge is -2.36. The van der Waals surface area contributed by atoms with Gasteiger partial charge in [-0.25, -0.2) is 18.2 Å². The van der Waals surface area contributed by atoms with Crippen LogP contribution in [-0.2, 0) is 23.1 Å². The lowest BCUT2D eigenvalue weighted by Crippen LogP contribution is -2.48. The van der Waals surface area contributed by atoms with Crippen LogP contribution in [0.5, 0.6) is 0 Å². The number of aromatic nitrogens is 3. The van der Waals surface area contributed by atoms with Gasteiger partial charge in [-0.05, 0) is 23.8 Å². The quantitative estimate of drug-likeness (QED) is 0.598. The lowest BCUT2D eigenvalue weighted by atomic mass is 10.1. The normalized spacial score (nSPS) is 13.8. The summed E-state index contributed by atoms with van der Waals surface area (Å²) in [4.78, 5) is 28.8. The Balaban J connectivity index is 1.82. The highest BCUT2D eigenvalue weighted by molar-refractivity contribution is 7.91. The van der Waals surface area contributed by atoms with E-state index in [-0.39, 0.29) is 24.9 Å². The highest BCUT2D eigenvalue weighted by atomic mass is 35.5. The minimum Gasteiger partial charge on any atom is -0.286 e. The van der Waals surface area contributed by atoms with Crippen molar-refractivity contribution >= 4 is 56.7 Å². The van der Waals surface area contributed by atoms with Crippen LogP contribution in [0.25, 0.3) is 0 Å². The molecule has 0 radical (unpaired) electrons. The van der Waals surface area contributed by atoms with Gasteiger partial charge in [0.25, 0.3) is 0 Å². The zero-order valence-electron chi connectivity index (χ0n) is 16.2. The second-order valence-electron chi connectivity index (χ2n) is 6.80. The summed E-state index contributed by atoms with van der Waals surface area (Å²) in [5.74, 6) is 0.156. The number of nitrogens with one attached hydrogen (secondary N) is 1. The number of pyridine rings is 1. The van der Waals surface area contributed by atoms with Crippen molar-refractivity contribution in [2.24, 2.45) is 0 Å². The van der Waals surface area contributed by atoms with Crippen LogP contribution in [0.1, 0.15) is 11.1 Å². The van der Waals surface area contributed by atoms with E-state index in [0.29, 0.717) is 21.3 Å². The molecule has 0 saturated carbocycles. The zero-order chi connectivity index (χ0) is 22.2. The molecule has 1 N–H and O–H groups in total. The van der Waals surface area contributed by atoms with Crippen molar-refractivity contribution in [2.45, 2.75) is 13.1 Å². The van der Waals surface area contributed by atoms with Gasteiger partial charge in [-0.1, -0.05) is 35.3 Å². The number of nitrogens with zero attached hydrogens (tertiary/aromatic N) is 5. The monoisotopic (exact) mass is 478 g/mol. The molecule has 12 heteroatoms. The Bertz CT molecular complexity index is 1240. The van der Waals surface area contributed by atoms with Crippen LogP contribution in [0, 0.1) is 0 Å². The molecule has 3 heterocycles. The molecule has 1 aromatic carbocycles. The van der Waals surface area contributed by atoms with Crippen LogP contribution in [0.3, 0.4) is 0 Å². The average Bonchev–Trinajstić information content (AvgIpc) is 2.70. The third-order valence-corrected chi connectivity index (χ3v) is 5.60. The smallest absolute Gasteiger partial charge is 0.286 e. The van der Waals surface area contributed by atoms with Crippen molar-refractivity contribution in [1.82, 2.24) is 15.0 Å². The fourth-order valence-corrected chi connectivity index (χ4v) is 4.20. The van der Waals surface area contributed by atoms with Crippen LogP contribution in [0.2, 0.25) is 10.0 Å². The molecule has 1 aliphatic heterocycles. The molecule has 31 heavy (non-hydrogen) atoms. The summed E-state index contributed by atoms with van der Waals surface area (Å²) in [7, 11) is -3.59. The van der Waals surface area contributed by atoms with E-state index in [9.17, 15) is 13.2 Å². The van der Waals surface area contributed by atoms with E-state index >= 15 is 0 Å². The Labute approximate surface area is 188 Å². The number of para-hydroxylation sites is 1. The van der Waals surface area contributed by atoms with Gasteiger partial charge in [0.15, 0.2) is 0 Å². The molecule has 1 aliphatic rings. The Morgan fingerprint density at radius 3 is 2.52 bits per heavy atom. The SMILES string of the molecule is CS(=O)(=O)Nc1ncc2c(n1)N(Cc1cccnc1)C(=O)N(c1c(Cl)cccc1Cl)C2. The average molecular weight is 479 g/mol. The van der Waals surface area contributed by atoms with Crippen LogP contribution in [-0.4, -0.2) is 35.7 Å². The molecule has 4 rings (SSSR count). The number of amides is 2. The highest BCUT2D eigenvalue weighted by Crippen LogP contribution is 2.39. The lowest BCUT2D eigenvalue weighted by molar-refractivity contribution is 0.249. The second kappa shape index (κ2) is 8.29. The molecule has 0 bridgehead atoms. The largest absolute Gasteiger partial charge is 0.330 e. The standard InChI is InChI=1S/C19H16Cl2N6O3S/c1-31(29,30)25-18-23-9-13-11-26(16-14(20)5-2-6-15(16)21)19(28)27(17(13)24-18)10-12-4-3-7-22-8-12/h2-9H,10-11H2,1H3,(H,23,24,25). The Morgan fingerprint density at radius 2 is 1.87 bits per heavy atom. The number of hydrogen-bond acceptors (Lipinski definition) is 6. The van der Waals surface area contributed by atoms with Crippen molar-refractivity contribution in [1.29, 1.82) is 0 Å². The Hall–Kier alpha value is -2.95. The summed E-state index contributed by atoms with van der Waals surface area (Å²) in [6.45, 7) is 0.258. The molecule has 9 nitrogen and oxygen atoms in total. The van der Waals surface area contributed by atoms with Gasteiger partial charge in [-0.3, -0.25) is 19.5 Å². The van der Waals surface area contributed by atoms with Gasteiger partial charge in [0.1, 0.15) is 5.82 Å². The first-order valence-corrected chi connectivity index (χ1v) is 11.6. The molecule has 0 atom stereocenters. The molecular formula is C19H16Cl2N6O3S. The summed E-state index contributed by atoms with van der Waals surface area (Å²) in [5.41, 5.74) is 1.72. The molecule has 0 spiro atoms. The third-order valence-electron chi connectivity index (χ3n) is 4.44. The first kappa shape index (κ1) is 21.3. The number of halogens is 2. The van der Waals surface area contributed by atoms with Crippen molar-refractivity contribution in [3.8, 4) is 0 Å². The summed E-state index contributed by atoms with van der Waals surface area (Å²) in [5, 5.41) is 0.642. The maximum atomic E-state index is 13.5. The zero-order valence-corrected chi connectivity index (χ0v) is 18.5. The molecule has 2 aromatic heterocycles. The van der Waals surface area contributed by atoms with E-state index < -0.39 is 16.1 Å². The first-order valence-electron chi connectivity index (χ1n) is 8.98. The summed E-state index contributed by atoms with van der Waals surface area (Å²) in [6.07, 6.45) is 5.72.